The van der Waals surface area contributed by atoms with E-state index < -0.39 is 30.4 Å². The third-order valence-corrected chi connectivity index (χ3v) is 6.62. The van der Waals surface area contributed by atoms with Crippen molar-refractivity contribution in [1.82, 2.24) is 10.4 Å². The minimum Gasteiger partial charge on any atom is -0.462 e. The molecule has 0 rings (SSSR count). The van der Waals surface area contributed by atoms with Gasteiger partial charge in [0.15, 0.2) is 0 Å². The molecule has 2 N–H and O–H groups in total. The highest BCUT2D eigenvalue weighted by molar-refractivity contribution is 8.56. The first-order valence-electron chi connectivity index (χ1n) is 8.23. The second-order valence-corrected chi connectivity index (χ2v) is 10.9. The van der Waals surface area contributed by atoms with Crippen LogP contribution < -0.4 is 10.4 Å². The van der Waals surface area contributed by atoms with E-state index in [0.29, 0.717) is 5.75 Å². The van der Waals surface area contributed by atoms with Crippen LogP contribution in [0, 0.1) is 0 Å². The molecule has 0 heterocycles. The van der Waals surface area contributed by atoms with Crippen molar-refractivity contribution >= 4 is 30.2 Å². The Labute approximate surface area is 154 Å². The molecule has 0 radical (unpaired) electrons. The van der Waals surface area contributed by atoms with E-state index >= 15 is 0 Å². The molecule has 0 spiro atoms. The molecular weight excluding hydrogens is 367 g/mol. The van der Waals surface area contributed by atoms with Gasteiger partial charge in [0.05, 0.1) is 12.7 Å². The Morgan fingerprint density at radius 1 is 1.20 bits per heavy atom. The number of carbonyl (C=O) groups excluding carboxylic acids is 2. The smallest absolute Gasteiger partial charge is 0.407 e. The van der Waals surface area contributed by atoms with E-state index in [1.807, 2.05) is 0 Å². The molecule has 0 unspecified atom stereocenters. The van der Waals surface area contributed by atoms with Gasteiger partial charge >= 0.3 is 18.8 Å². The Balaban J connectivity index is 4.45. The number of hydrogen-bond donors (Lipinski definition) is 2. The molecule has 25 heavy (non-hydrogen) atoms. The number of hydrogen-bond acceptors (Lipinski definition) is 7. The molecule has 1 amide bonds. The highest BCUT2D eigenvalue weighted by Gasteiger charge is 2.29. The Morgan fingerprint density at radius 2 is 1.80 bits per heavy atom. The van der Waals surface area contributed by atoms with Crippen molar-refractivity contribution in [3.05, 3.63) is 0 Å². The number of rotatable bonds is 10. The molecule has 8 nitrogen and oxygen atoms in total. The quantitative estimate of drug-likeness (QED) is 0.328. The number of nitrogens with one attached hydrogen (secondary N) is 2. The van der Waals surface area contributed by atoms with E-state index in [9.17, 15) is 14.2 Å². The lowest BCUT2D eigenvalue weighted by Gasteiger charge is -2.23. The van der Waals surface area contributed by atoms with Crippen molar-refractivity contribution in [3.63, 3.8) is 0 Å². The van der Waals surface area contributed by atoms with E-state index in [4.69, 9.17) is 14.0 Å². The second kappa shape index (κ2) is 11.1. The molecule has 0 fully saturated rings. The molecule has 0 aromatic rings. The van der Waals surface area contributed by atoms with Gasteiger partial charge in [-0.15, -0.1) is 0 Å². The topological polar surface area (TPSA) is 103 Å². The zero-order chi connectivity index (χ0) is 19.7. The maximum absolute atomic E-state index is 12.8. The van der Waals surface area contributed by atoms with Gasteiger partial charge in [0, 0.05) is 12.3 Å². The lowest BCUT2D eigenvalue weighted by atomic mass is 10.2. The van der Waals surface area contributed by atoms with Crippen molar-refractivity contribution in [2.75, 3.05) is 18.9 Å². The fourth-order valence-corrected chi connectivity index (χ4v) is 5.35. The van der Waals surface area contributed by atoms with Crippen LogP contribution >= 0.6 is 18.1 Å². The Bertz CT molecular complexity index is 481. The normalized spacial score (nSPS) is 15.4. The average Bonchev–Trinajstić information content (AvgIpc) is 2.41. The summed E-state index contributed by atoms with van der Waals surface area (Å²) in [5.74, 6) is -0.169. The molecule has 10 heteroatoms. The first kappa shape index (κ1) is 24.2. The van der Waals surface area contributed by atoms with Crippen molar-refractivity contribution in [3.8, 4) is 0 Å². The highest BCUT2D eigenvalue weighted by atomic mass is 32.7. The fraction of sp³-hybridized carbons (Fsp3) is 0.867. The number of ether oxygens (including phenoxy) is 2. The van der Waals surface area contributed by atoms with Crippen LogP contribution in [0.1, 0.15) is 48.5 Å². The molecule has 0 aromatic carbocycles. The van der Waals surface area contributed by atoms with Crippen molar-refractivity contribution in [2.24, 2.45) is 0 Å². The van der Waals surface area contributed by atoms with Crippen LogP contribution in [0.2, 0.25) is 0 Å². The van der Waals surface area contributed by atoms with Gasteiger partial charge in [0.2, 0.25) is 0 Å². The SMILES string of the molecule is CCO[P@@](=O)(N[C@@H](C)C(=O)OC(C)C)SCCNC(=O)OC(C)(C)C. The summed E-state index contributed by atoms with van der Waals surface area (Å²) in [6, 6.07) is -0.772. The fourth-order valence-electron chi connectivity index (χ4n) is 1.54. The molecular formula is C15H31N2O6PS. The van der Waals surface area contributed by atoms with Crippen molar-refractivity contribution < 1.29 is 28.2 Å². The van der Waals surface area contributed by atoms with E-state index in [2.05, 4.69) is 10.4 Å². The van der Waals surface area contributed by atoms with Crippen LogP contribution in [-0.2, 0) is 23.4 Å². The van der Waals surface area contributed by atoms with E-state index in [1.165, 1.54) is 0 Å². The molecule has 0 aromatic heterocycles. The molecule has 0 saturated carbocycles. The predicted molar refractivity (Wildman–Crippen MR) is 99.8 cm³/mol. The van der Waals surface area contributed by atoms with Gasteiger partial charge in [-0.3, -0.25) is 9.36 Å². The first-order valence-corrected chi connectivity index (χ1v) is 11.4. The van der Waals surface area contributed by atoms with Gasteiger partial charge in [-0.05, 0) is 48.5 Å². The van der Waals surface area contributed by atoms with Gasteiger partial charge < -0.3 is 19.3 Å². The van der Waals surface area contributed by atoms with Crippen LogP contribution in [0.4, 0.5) is 4.79 Å². The van der Waals surface area contributed by atoms with Gasteiger partial charge in [0.25, 0.3) is 0 Å². The second-order valence-electron chi connectivity index (χ2n) is 6.51. The lowest BCUT2D eigenvalue weighted by molar-refractivity contribution is -0.149. The molecule has 0 bridgehead atoms. The molecule has 2 atom stereocenters. The molecule has 148 valence electrons. The number of esters is 1. The summed E-state index contributed by atoms with van der Waals surface area (Å²) in [7, 11) is 0. The van der Waals surface area contributed by atoms with E-state index in [-0.39, 0.29) is 19.3 Å². The zero-order valence-electron chi connectivity index (χ0n) is 16.1. The summed E-state index contributed by atoms with van der Waals surface area (Å²) in [5.41, 5.74) is -0.578. The Hall–Kier alpha value is -0.760. The molecule has 0 aliphatic heterocycles. The third kappa shape index (κ3) is 12.3. The van der Waals surface area contributed by atoms with Gasteiger partial charge in [-0.2, -0.15) is 0 Å². The Kier molecular flexibility index (Phi) is 10.7. The molecule has 0 saturated heterocycles. The standard InChI is InChI=1S/C15H31N2O6PS/c1-8-21-24(20,17-12(4)13(18)22-11(2)3)25-10-9-16-14(19)23-15(5,6)7/h11-12H,8-10H2,1-7H3,(H,16,19)(H,17,20)/t12-,24-/m0/s1. The van der Waals surface area contributed by atoms with Crippen LogP contribution in [0.15, 0.2) is 0 Å². The summed E-state index contributed by atoms with van der Waals surface area (Å²) in [5, 5.41) is 5.28. The van der Waals surface area contributed by atoms with Crippen LogP contribution in [0.3, 0.4) is 0 Å². The Morgan fingerprint density at radius 3 is 2.28 bits per heavy atom. The third-order valence-electron chi connectivity index (χ3n) is 2.39. The monoisotopic (exact) mass is 398 g/mol. The van der Waals surface area contributed by atoms with Gasteiger partial charge in [-0.1, -0.05) is 11.4 Å². The maximum Gasteiger partial charge on any atom is 0.407 e. The largest absolute Gasteiger partial charge is 0.462 e. The number of alkyl carbamates (subject to hydrolysis) is 1. The molecule has 0 aliphatic carbocycles. The minimum atomic E-state index is -3.30. The average molecular weight is 398 g/mol. The predicted octanol–water partition coefficient (Wildman–Crippen LogP) is 3.32. The van der Waals surface area contributed by atoms with Crippen LogP contribution in [0.25, 0.3) is 0 Å². The van der Waals surface area contributed by atoms with Crippen LogP contribution in [0.5, 0.6) is 0 Å². The number of amides is 1. The first-order chi connectivity index (χ1) is 11.4. The lowest BCUT2D eigenvalue weighted by Crippen LogP contribution is -2.35. The highest BCUT2D eigenvalue weighted by Crippen LogP contribution is 2.56. The maximum atomic E-state index is 12.8. The summed E-state index contributed by atoms with van der Waals surface area (Å²) in [4.78, 5) is 23.4. The zero-order valence-corrected chi connectivity index (χ0v) is 17.8. The summed E-state index contributed by atoms with van der Waals surface area (Å²) in [6.45, 7) is 9.25. The van der Waals surface area contributed by atoms with E-state index in [1.54, 1.807) is 48.5 Å². The van der Waals surface area contributed by atoms with Gasteiger partial charge in [-0.25, -0.2) is 9.88 Å². The van der Waals surface area contributed by atoms with Crippen molar-refractivity contribution in [1.29, 1.82) is 0 Å². The van der Waals surface area contributed by atoms with Crippen molar-refractivity contribution in [2.45, 2.75) is 66.2 Å². The summed E-state index contributed by atoms with van der Waals surface area (Å²) in [6.07, 6.45) is -0.796. The van der Waals surface area contributed by atoms with Crippen LogP contribution in [-0.4, -0.2) is 48.7 Å². The summed E-state index contributed by atoms with van der Waals surface area (Å²) >= 11 is 1.02. The molecule has 0 aliphatic rings. The minimum absolute atomic E-state index is 0.225. The van der Waals surface area contributed by atoms with E-state index in [0.717, 1.165) is 11.4 Å². The van der Waals surface area contributed by atoms with Gasteiger partial charge in [0.1, 0.15) is 11.6 Å². The summed E-state index contributed by atoms with van der Waals surface area (Å²) < 4.78 is 28.3. The number of carbonyl (C=O) groups is 2.